The molecule has 0 atom stereocenters. The molecule has 12 heteroatoms. The van der Waals surface area contributed by atoms with E-state index >= 15 is 0 Å². The largest absolute Gasteiger partial charge is 0.491 e. The second-order valence-electron chi connectivity index (χ2n) is 11.5. The molecule has 0 radical (unpaired) electrons. The third-order valence-electron chi connectivity index (χ3n) is 7.16. The minimum Gasteiger partial charge on any atom is -0.491 e. The molecule has 1 rings (SSSR count). The van der Waals surface area contributed by atoms with Crippen LogP contribution in [0.15, 0.2) is 24.3 Å². The van der Waals surface area contributed by atoms with Gasteiger partial charge in [-0.25, -0.2) is 0 Å². The molecule has 50 heavy (non-hydrogen) atoms. The van der Waals surface area contributed by atoms with E-state index in [0.29, 0.717) is 132 Å². The van der Waals surface area contributed by atoms with Crippen LogP contribution in [0.5, 0.6) is 5.75 Å². The lowest BCUT2D eigenvalue weighted by atomic mass is 10.0. The van der Waals surface area contributed by atoms with Gasteiger partial charge in [0, 0.05) is 6.42 Å². The van der Waals surface area contributed by atoms with Gasteiger partial charge >= 0.3 is 5.97 Å². The van der Waals surface area contributed by atoms with Crippen LogP contribution in [0.25, 0.3) is 0 Å². The summed E-state index contributed by atoms with van der Waals surface area (Å²) in [4.78, 5) is 11.2. The smallest absolute Gasteiger partial charge is 0.305 e. The summed E-state index contributed by atoms with van der Waals surface area (Å²) in [6.45, 7) is 13.9. The van der Waals surface area contributed by atoms with Crippen molar-refractivity contribution in [3.63, 3.8) is 0 Å². The summed E-state index contributed by atoms with van der Waals surface area (Å²) >= 11 is 0. The van der Waals surface area contributed by atoms with Gasteiger partial charge in [-0.05, 0) is 37.0 Å². The minimum absolute atomic E-state index is 0.186. The fraction of sp³-hybridized carbons (Fsp3) is 0.816. The predicted molar refractivity (Wildman–Crippen MR) is 192 cm³/mol. The first-order valence-corrected chi connectivity index (χ1v) is 18.8. The van der Waals surface area contributed by atoms with Crippen molar-refractivity contribution >= 4 is 5.97 Å². The Balaban J connectivity index is 1.69. The Morgan fingerprint density at radius 2 is 0.780 bits per heavy atom. The van der Waals surface area contributed by atoms with Gasteiger partial charge in [-0.3, -0.25) is 4.79 Å². The second kappa shape index (κ2) is 38.4. The van der Waals surface area contributed by atoms with Crippen LogP contribution >= 0.6 is 0 Å². The minimum atomic E-state index is -0.186. The quantitative estimate of drug-likeness (QED) is 0.0634. The van der Waals surface area contributed by atoms with Gasteiger partial charge in [0.15, 0.2) is 0 Å². The number of benzene rings is 1. The summed E-state index contributed by atoms with van der Waals surface area (Å²) in [5, 5.41) is 0. The molecule has 0 aliphatic carbocycles. The SMILES string of the molecule is CCCCCCCCc1ccc(OCCOCCOCCOCCOCCOCCOCCOCCOCCOCCOC(=O)CCC)cc1. The summed E-state index contributed by atoms with van der Waals surface area (Å²) in [7, 11) is 0. The standard InChI is InChI=1S/C38H68O12/c1-3-5-6-7-8-9-11-36-12-14-37(15-13-36)49-34-32-47-30-28-45-26-24-43-22-20-41-18-16-40-17-19-42-21-23-44-25-27-46-29-31-48-33-35-50-38(39)10-4-2/h12-15H,3-11,16-35H2,1-2H3. The van der Waals surface area contributed by atoms with Crippen molar-refractivity contribution in [2.45, 2.75) is 71.6 Å². The predicted octanol–water partition coefficient (Wildman–Crippen LogP) is 5.46. The molecule has 1 aromatic rings. The number of unbranched alkanes of at least 4 members (excludes halogenated alkanes) is 5. The number of hydrogen-bond donors (Lipinski definition) is 0. The Labute approximate surface area is 302 Å². The van der Waals surface area contributed by atoms with E-state index < -0.39 is 0 Å². The number of ether oxygens (including phenoxy) is 11. The van der Waals surface area contributed by atoms with Gasteiger partial charge in [0.2, 0.25) is 0 Å². The van der Waals surface area contributed by atoms with Crippen molar-refractivity contribution < 1.29 is 56.9 Å². The zero-order chi connectivity index (χ0) is 35.8. The molecular weight excluding hydrogens is 648 g/mol. The van der Waals surface area contributed by atoms with Gasteiger partial charge < -0.3 is 52.1 Å². The third kappa shape index (κ3) is 33.3. The van der Waals surface area contributed by atoms with Crippen LogP contribution in [0, 0.1) is 0 Å². The number of carbonyl (C=O) groups excluding carboxylic acids is 1. The average molecular weight is 717 g/mol. The Morgan fingerprint density at radius 1 is 0.420 bits per heavy atom. The molecule has 0 heterocycles. The molecule has 0 N–H and O–H groups in total. The van der Waals surface area contributed by atoms with Crippen LogP contribution in [0.2, 0.25) is 0 Å². The third-order valence-corrected chi connectivity index (χ3v) is 7.16. The molecule has 12 nitrogen and oxygen atoms in total. The van der Waals surface area contributed by atoms with Crippen molar-refractivity contribution in [3.8, 4) is 5.75 Å². The molecule has 0 unspecified atom stereocenters. The lowest BCUT2D eigenvalue weighted by Gasteiger charge is -2.09. The Hall–Kier alpha value is -1.87. The van der Waals surface area contributed by atoms with Crippen LogP contribution in [-0.4, -0.2) is 138 Å². The molecule has 1 aromatic carbocycles. The number of rotatable bonds is 40. The lowest BCUT2D eigenvalue weighted by molar-refractivity contribution is -0.145. The van der Waals surface area contributed by atoms with E-state index in [1.165, 1.54) is 44.1 Å². The maximum Gasteiger partial charge on any atom is 0.305 e. The van der Waals surface area contributed by atoms with Gasteiger partial charge in [0.1, 0.15) is 19.0 Å². The van der Waals surface area contributed by atoms with E-state index in [1.807, 2.05) is 19.1 Å². The van der Waals surface area contributed by atoms with E-state index in [1.54, 1.807) is 0 Å². The van der Waals surface area contributed by atoms with Crippen molar-refractivity contribution in [2.24, 2.45) is 0 Å². The molecule has 0 spiro atoms. The number of aryl methyl sites for hydroxylation is 1. The zero-order valence-corrected chi connectivity index (χ0v) is 31.2. The molecule has 0 saturated carbocycles. The maximum atomic E-state index is 11.2. The fourth-order valence-electron chi connectivity index (χ4n) is 4.43. The summed E-state index contributed by atoms with van der Waals surface area (Å²) in [5.41, 5.74) is 1.38. The number of esters is 1. The van der Waals surface area contributed by atoms with Crippen LogP contribution in [0.1, 0.15) is 70.8 Å². The van der Waals surface area contributed by atoms with Gasteiger partial charge in [-0.15, -0.1) is 0 Å². The van der Waals surface area contributed by atoms with E-state index in [0.717, 1.165) is 18.6 Å². The van der Waals surface area contributed by atoms with Crippen molar-refractivity contribution in [1.29, 1.82) is 0 Å². The monoisotopic (exact) mass is 716 g/mol. The molecule has 0 bridgehead atoms. The van der Waals surface area contributed by atoms with Gasteiger partial charge in [0.25, 0.3) is 0 Å². The van der Waals surface area contributed by atoms with Crippen molar-refractivity contribution in [3.05, 3.63) is 29.8 Å². The molecule has 0 aliphatic heterocycles. The molecule has 0 aromatic heterocycles. The summed E-state index contributed by atoms with van der Waals surface area (Å²) < 4.78 is 60.1. The Kier molecular flexibility index (Phi) is 35.4. The molecule has 0 amide bonds. The lowest BCUT2D eigenvalue weighted by Crippen LogP contribution is -2.15. The normalized spacial score (nSPS) is 11.3. The van der Waals surface area contributed by atoms with E-state index in [2.05, 4.69) is 19.1 Å². The zero-order valence-electron chi connectivity index (χ0n) is 31.2. The highest BCUT2D eigenvalue weighted by Gasteiger charge is 2.01. The average Bonchev–Trinajstić information content (AvgIpc) is 3.12. The van der Waals surface area contributed by atoms with Crippen LogP contribution in [-0.2, 0) is 58.6 Å². The highest BCUT2D eigenvalue weighted by molar-refractivity contribution is 5.69. The molecule has 0 aliphatic rings. The second-order valence-corrected chi connectivity index (χ2v) is 11.5. The molecule has 292 valence electrons. The van der Waals surface area contributed by atoms with Crippen molar-refractivity contribution in [1.82, 2.24) is 0 Å². The first-order valence-electron chi connectivity index (χ1n) is 18.8. The Morgan fingerprint density at radius 3 is 1.18 bits per heavy atom. The van der Waals surface area contributed by atoms with Crippen LogP contribution in [0.3, 0.4) is 0 Å². The van der Waals surface area contributed by atoms with E-state index in [4.69, 9.17) is 52.1 Å². The van der Waals surface area contributed by atoms with Crippen LogP contribution < -0.4 is 4.74 Å². The number of hydrogen-bond acceptors (Lipinski definition) is 12. The van der Waals surface area contributed by atoms with Gasteiger partial charge in [-0.1, -0.05) is 58.1 Å². The van der Waals surface area contributed by atoms with Gasteiger partial charge in [-0.2, -0.15) is 0 Å². The van der Waals surface area contributed by atoms with Crippen molar-refractivity contribution in [2.75, 3.05) is 132 Å². The first kappa shape index (κ1) is 46.2. The highest BCUT2D eigenvalue weighted by Crippen LogP contribution is 2.15. The topological polar surface area (TPSA) is 119 Å². The highest BCUT2D eigenvalue weighted by atomic mass is 16.6. The summed E-state index contributed by atoms with van der Waals surface area (Å²) in [6, 6.07) is 8.43. The van der Waals surface area contributed by atoms with Crippen LogP contribution in [0.4, 0.5) is 0 Å². The first-order chi connectivity index (χ1) is 24.8. The fourth-order valence-corrected chi connectivity index (χ4v) is 4.43. The summed E-state index contributed by atoms with van der Waals surface area (Å²) in [5.74, 6) is 0.696. The number of carbonyl (C=O) groups is 1. The summed E-state index contributed by atoms with van der Waals surface area (Å²) in [6.07, 6.45) is 10.3. The molecule has 0 saturated heterocycles. The molecule has 0 fully saturated rings. The Bertz CT molecular complexity index is 827. The molecular formula is C38H68O12. The van der Waals surface area contributed by atoms with E-state index in [9.17, 15) is 4.79 Å². The maximum absolute atomic E-state index is 11.2. The van der Waals surface area contributed by atoms with Gasteiger partial charge in [0.05, 0.1) is 119 Å². The van der Waals surface area contributed by atoms with E-state index in [-0.39, 0.29) is 12.6 Å².